The molecule has 0 spiro atoms. The van der Waals surface area contributed by atoms with Crippen molar-refractivity contribution in [1.82, 2.24) is 0 Å². The van der Waals surface area contributed by atoms with Crippen molar-refractivity contribution in [3.05, 3.63) is 64.7 Å². The fourth-order valence-corrected chi connectivity index (χ4v) is 2.78. The van der Waals surface area contributed by atoms with E-state index in [0.717, 1.165) is 11.4 Å². The highest BCUT2D eigenvalue weighted by Crippen LogP contribution is 2.15. The van der Waals surface area contributed by atoms with Crippen LogP contribution in [0.2, 0.25) is 0 Å². The van der Waals surface area contributed by atoms with E-state index in [1.54, 1.807) is 24.3 Å². The van der Waals surface area contributed by atoms with E-state index >= 15 is 0 Å². The Labute approximate surface area is 148 Å². The summed E-state index contributed by atoms with van der Waals surface area (Å²) in [5.74, 6) is -0.606. The molecule has 0 fully saturated rings. The predicted molar refractivity (Wildman–Crippen MR) is 97.8 cm³/mol. The largest absolute Gasteiger partial charge is 0.465 e. The smallest absolute Gasteiger partial charge is 0.339 e. The summed E-state index contributed by atoms with van der Waals surface area (Å²) in [5.41, 5.74) is 4.52. The molecule has 0 saturated carbocycles. The van der Waals surface area contributed by atoms with Gasteiger partial charge >= 0.3 is 5.97 Å². The van der Waals surface area contributed by atoms with Gasteiger partial charge in [0, 0.05) is 5.56 Å². The van der Waals surface area contributed by atoms with E-state index < -0.39 is 5.97 Å². The van der Waals surface area contributed by atoms with Crippen molar-refractivity contribution in [2.45, 2.75) is 20.4 Å². The molecule has 1 amide bonds. The normalized spacial score (nSPS) is 11.7. The summed E-state index contributed by atoms with van der Waals surface area (Å²) in [5, 5.41) is 2.81. The average molecular weight is 341 g/mol. The second kappa shape index (κ2) is 8.44. The van der Waals surface area contributed by atoms with Crippen LogP contribution in [0.4, 0.5) is 5.69 Å². The number of amides is 1. The highest BCUT2D eigenvalue weighted by molar-refractivity contribution is 6.01. The number of esters is 1. The van der Waals surface area contributed by atoms with Crippen molar-refractivity contribution in [3.8, 4) is 0 Å². The Morgan fingerprint density at radius 3 is 2.52 bits per heavy atom. The van der Waals surface area contributed by atoms with E-state index in [2.05, 4.69) is 37.4 Å². The van der Waals surface area contributed by atoms with Crippen molar-refractivity contribution in [3.63, 3.8) is 0 Å². The lowest BCUT2D eigenvalue weighted by molar-refractivity contribution is -0.885. The molecule has 0 aromatic heterocycles. The number of quaternary nitrogens is 1. The van der Waals surface area contributed by atoms with E-state index in [0.29, 0.717) is 17.8 Å². The molecule has 0 aliphatic rings. The van der Waals surface area contributed by atoms with Gasteiger partial charge in [-0.05, 0) is 31.5 Å². The molecule has 2 N–H and O–H groups in total. The lowest BCUT2D eigenvalue weighted by atomic mass is 10.1. The molecule has 2 rings (SSSR count). The first-order valence-electron chi connectivity index (χ1n) is 8.25. The number of para-hydroxylation sites is 1. The van der Waals surface area contributed by atoms with Crippen LogP contribution >= 0.6 is 0 Å². The van der Waals surface area contributed by atoms with Gasteiger partial charge in [-0.2, -0.15) is 0 Å². The van der Waals surface area contributed by atoms with E-state index in [9.17, 15) is 9.59 Å². The van der Waals surface area contributed by atoms with Gasteiger partial charge in [0.1, 0.15) is 6.54 Å². The van der Waals surface area contributed by atoms with Crippen LogP contribution in [0, 0.1) is 13.8 Å². The minimum Gasteiger partial charge on any atom is -0.465 e. The topological polar surface area (TPSA) is 59.8 Å². The van der Waals surface area contributed by atoms with Gasteiger partial charge in [0.25, 0.3) is 5.91 Å². The number of hydrogen-bond donors (Lipinski definition) is 2. The number of rotatable bonds is 6. The van der Waals surface area contributed by atoms with E-state index in [1.807, 2.05) is 7.05 Å². The summed E-state index contributed by atoms with van der Waals surface area (Å²) in [6.07, 6.45) is 0. The monoisotopic (exact) mass is 341 g/mol. The number of benzene rings is 2. The molecule has 0 radical (unpaired) electrons. The Kier molecular flexibility index (Phi) is 6.31. The molecule has 0 aliphatic heterocycles. The maximum atomic E-state index is 12.3. The minimum atomic E-state index is -0.466. The second-order valence-electron chi connectivity index (χ2n) is 6.33. The summed E-state index contributed by atoms with van der Waals surface area (Å²) in [6, 6.07) is 13.2. The summed E-state index contributed by atoms with van der Waals surface area (Å²) >= 11 is 0. The van der Waals surface area contributed by atoms with Gasteiger partial charge in [-0.1, -0.05) is 35.9 Å². The van der Waals surface area contributed by atoms with Crippen molar-refractivity contribution in [1.29, 1.82) is 0 Å². The summed E-state index contributed by atoms with van der Waals surface area (Å²) < 4.78 is 4.75. The van der Waals surface area contributed by atoms with Crippen LogP contribution in [-0.2, 0) is 16.1 Å². The van der Waals surface area contributed by atoms with Gasteiger partial charge in [-0.25, -0.2) is 4.79 Å². The Morgan fingerprint density at radius 1 is 1.12 bits per heavy atom. The Bertz CT molecular complexity index is 771. The number of aryl methyl sites for hydroxylation is 2. The summed E-state index contributed by atoms with van der Waals surface area (Å²) in [4.78, 5) is 25.2. The molecule has 1 unspecified atom stereocenters. The molecule has 25 heavy (non-hydrogen) atoms. The van der Waals surface area contributed by atoms with Gasteiger partial charge in [0.15, 0.2) is 6.54 Å². The van der Waals surface area contributed by atoms with E-state index in [4.69, 9.17) is 4.74 Å². The zero-order chi connectivity index (χ0) is 18.4. The fraction of sp³-hybridized carbons (Fsp3) is 0.300. The molecule has 1 atom stereocenters. The van der Waals surface area contributed by atoms with Crippen molar-refractivity contribution >= 4 is 17.6 Å². The van der Waals surface area contributed by atoms with E-state index in [1.165, 1.54) is 23.8 Å². The molecule has 5 heteroatoms. The van der Waals surface area contributed by atoms with Crippen LogP contribution in [-0.4, -0.2) is 32.6 Å². The van der Waals surface area contributed by atoms with Gasteiger partial charge < -0.3 is 15.0 Å². The number of ether oxygens (including phenoxy) is 1. The number of likely N-dealkylation sites (N-methyl/N-ethyl adjacent to an activating group) is 1. The lowest BCUT2D eigenvalue weighted by Crippen LogP contribution is -3.08. The highest BCUT2D eigenvalue weighted by Gasteiger charge is 2.16. The van der Waals surface area contributed by atoms with Crippen LogP contribution < -0.4 is 10.2 Å². The highest BCUT2D eigenvalue weighted by atomic mass is 16.5. The van der Waals surface area contributed by atoms with E-state index in [-0.39, 0.29) is 5.91 Å². The zero-order valence-corrected chi connectivity index (χ0v) is 15.2. The predicted octanol–water partition coefficient (Wildman–Crippen LogP) is 1.74. The van der Waals surface area contributed by atoms with Crippen LogP contribution in [0.15, 0.2) is 42.5 Å². The van der Waals surface area contributed by atoms with Crippen LogP contribution in [0.25, 0.3) is 0 Å². The molecular weight excluding hydrogens is 316 g/mol. The molecule has 0 bridgehead atoms. The Balaban J connectivity index is 1.99. The molecule has 0 saturated heterocycles. The number of methoxy groups -OCH3 is 1. The molecule has 5 nitrogen and oxygen atoms in total. The third-order valence-electron chi connectivity index (χ3n) is 4.06. The van der Waals surface area contributed by atoms with Gasteiger partial charge in [-0.3, -0.25) is 4.79 Å². The summed E-state index contributed by atoms with van der Waals surface area (Å²) in [6.45, 7) is 5.23. The number of carbonyl (C=O) groups excluding carboxylic acids is 2. The fourth-order valence-electron chi connectivity index (χ4n) is 2.78. The first-order valence-corrected chi connectivity index (χ1v) is 8.25. The molecular formula is C20H25N2O3+. The number of anilines is 1. The first-order chi connectivity index (χ1) is 11.9. The third kappa shape index (κ3) is 5.16. The van der Waals surface area contributed by atoms with Crippen LogP contribution in [0.5, 0.6) is 0 Å². The minimum absolute atomic E-state index is 0.140. The number of hydrogen-bond acceptors (Lipinski definition) is 3. The third-order valence-corrected chi connectivity index (χ3v) is 4.06. The zero-order valence-electron chi connectivity index (χ0n) is 15.2. The number of nitrogens with one attached hydrogen (secondary N) is 2. The standard InChI is InChI=1S/C20H24N2O3/c1-14-9-10-16(15(2)11-14)12-22(3)13-19(23)21-18-8-6-5-7-17(18)20(24)25-4/h5-11H,12-13H2,1-4H3,(H,21,23)/p+1. The van der Waals surface area contributed by atoms with Crippen molar-refractivity contribution in [2.24, 2.45) is 0 Å². The van der Waals surface area contributed by atoms with Gasteiger partial charge in [0.05, 0.1) is 25.4 Å². The Morgan fingerprint density at radius 2 is 1.84 bits per heavy atom. The lowest BCUT2D eigenvalue weighted by Gasteiger charge is -2.16. The van der Waals surface area contributed by atoms with Crippen molar-refractivity contribution < 1.29 is 19.2 Å². The summed E-state index contributed by atoms with van der Waals surface area (Å²) in [7, 11) is 3.30. The maximum absolute atomic E-state index is 12.3. The van der Waals surface area contributed by atoms with Gasteiger partial charge in [-0.15, -0.1) is 0 Å². The van der Waals surface area contributed by atoms with Gasteiger partial charge in [0.2, 0.25) is 0 Å². The quantitative estimate of drug-likeness (QED) is 0.787. The molecule has 0 heterocycles. The first kappa shape index (κ1) is 18.7. The number of carbonyl (C=O) groups is 2. The molecule has 2 aromatic carbocycles. The van der Waals surface area contributed by atoms with Crippen molar-refractivity contribution in [2.75, 3.05) is 26.0 Å². The SMILES string of the molecule is COC(=O)c1ccccc1NC(=O)C[NH+](C)Cc1ccc(C)cc1C. The van der Waals surface area contributed by atoms with Crippen LogP contribution in [0.3, 0.4) is 0 Å². The maximum Gasteiger partial charge on any atom is 0.339 e. The average Bonchev–Trinajstić information content (AvgIpc) is 2.57. The second-order valence-corrected chi connectivity index (χ2v) is 6.33. The molecule has 0 aliphatic carbocycles. The Hall–Kier alpha value is -2.66. The molecule has 2 aromatic rings. The molecule has 132 valence electrons. The van der Waals surface area contributed by atoms with Crippen LogP contribution in [0.1, 0.15) is 27.0 Å².